The Kier molecular flexibility index (Phi) is 4.29. The Labute approximate surface area is 151 Å². The van der Waals surface area contributed by atoms with Gasteiger partial charge in [-0.15, -0.1) is 11.8 Å². The summed E-state index contributed by atoms with van der Waals surface area (Å²) in [7, 11) is 0. The Balaban J connectivity index is 1.97. The fourth-order valence-electron chi connectivity index (χ4n) is 3.75. The van der Waals surface area contributed by atoms with Gasteiger partial charge in [-0.1, -0.05) is 23.8 Å². The van der Waals surface area contributed by atoms with Gasteiger partial charge in [0, 0.05) is 39.3 Å². The first-order valence-electron chi connectivity index (χ1n) is 8.29. The van der Waals surface area contributed by atoms with Crippen LogP contribution in [0.25, 0.3) is 11.3 Å². The van der Waals surface area contributed by atoms with Gasteiger partial charge < -0.3 is 11.5 Å². The molecule has 2 aliphatic rings. The molecule has 0 radical (unpaired) electrons. The molecule has 0 saturated carbocycles. The van der Waals surface area contributed by atoms with E-state index in [4.69, 9.17) is 28.1 Å². The molecular formula is C19H20ClN3S. The minimum atomic E-state index is 0.387. The number of nitrogens with zero attached hydrogens (tertiary/aromatic N) is 1. The van der Waals surface area contributed by atoms with Crippen LogP contribution in [0.15, 0.2) is 35.2 Å². The second-order valence-corrected chi connectivity index (χ2v) is 7.77. The molecule has 2 heterocycles. The zero-order valence-corrected chi connectivity index (χ0v) is 15.0. The maximum Gasteiger partial charge on any atom is 0.128 e. The SMILES string of the molecule is NCc1c(N)nc2c(c1C1C=CCCC1)CSc1ccc(Cl)cc1-2. The van der Waals surface area contributed by atoms with Crippen molar-refractivity contribution in [3.8, 4) is 11.3 Å². The van der Waals surface area contributed by atoms with Gasteiger partial charge in [0.25, 0.3) is 0 Å². The maximum absolute atomic E-state index is 6.30. The standard InChI is InChI=1S/C19H20ClN3S/c20-12-6-7-16-13(8-12)18-15(10-24-16)17(11-4-2-1-3-5-11)14(9-21)19(22)23-18/h2,4,6-8,11H,1,3,5,9-10,21H2,(H2,22,23). The molecule has 1 atom stereocenters. The highest BCUT2D eigenvalue weighted by molar-refractivity contribution is 7.98. The molecule has 1 aliphatic heterocycles. The van der Waals surface area contributed by atoms with Crippen LogP contribution >= 0.6 is 23.4 Å². The van der Waals surface area contributed by atoms with E-state index >= 15 is 0 Å². The number of fused-ring (bicyclic) bond motifs is 3. The highest BCUT2D eigenvalue weighted by atomic mass is 35.5. The number of halogens is 1. The number of aromatic nitrogens is 1. The van der Waals surface area contributed by atoms with Crippen molar-refractivity contribution < 1.29 is 0 Å². The molecular weight excluding hydrogens is 338 g/mol. The van der Waals surface area contributed by atoms with E-state index in [1.165, 1.54) is 22.4 Å². The molecule has 0 bridgehead atoms. The molecule has 1 aliphatic carbocycles. The lowest BCUT2D eigenvalue weighted by molar-refractivity contribution is 0.645. The Morgan fingerprint density at radius 2 is 2.21 bits per heavy atom. The van der Waals surface area contributed by atoms with E-state index in [0.717, 1.165) is 40.4 Å². The molecule has 124 valence electrons. The number of pyridine rings is 1. The van der Waals surface area contributed by atoms with Crippen LogP contribution in [0.3, 0.4) is 0 Å². The fraction of sp³-hybridized carbons (Fsp3) is 0.316. The van der Waals surface area contributed by atoms with Crippen molar-refractivity contribution in [2.24, 2.45) is 5.73 Å². The van der Waals surface area contributed by atoms with Crippen molar-refractivity contribution >= 4 is 29.2 Å². The smallest absolute Gasteiger partial charge is 0.128 e. The molecule has 24 heavy (non-hydrogen) atoms. The van der Waals surface area contributed by atoms with Gasteiger partial charge in [0.05, 0.1) is 5.69 Å². The molecule has 1 aromatic heterocycles. The van der Waals surface area contributed by atoms with Crippen LogP contribution in [0.5, 0.6) is 0 Å². The van der Waals surface area contributed by atoms with Crippen molar-refractivity contribution in [3.63, 3.8) is 0 Å². The van der Waals surface area contributed by atoms with Crippen LogP contribution in [0.1, 0.15) is 41.9 Å². The van der Waals surface area contributed by atoms with Crippen molar-refractivity contribution in [3.05, 3.63) is 52.1 Å². The first-order valence-corrected chi connectivity index (χ1v) is 9.66. The van der Waals surface area contributed by atoms with Crippen molar-refractivity contribution in [2.75, 3.05) is 5.73 Å². The van der Waals surface area contributed by atoms with Gasteiger partial charge in [-0.25, -0.2) is 4.98 Å². The topological polar surface area (TPSA) is 64.9 Å². The molecule has 0 fully saturated rings. The summed E-state index contributed by atoms with van der Waals surface area (Å²) in [5.41, 5.74) is 18.0. The van der Waals surface area contributed by atoms with Crippen LogP contribution in [-0.4, -0.2) is 4.98 Å². The average molecular weight is 358 g/mol. The minimum Gasteiger partial charge on any atom is -0.383 e. The molecule has 0 saturated heterocycles. The van der Waals surface area contributed by atoms with Crippen molar-refractivity contribution in [2.45, 2.75) is 42.4 Å². The molecule has 2 aromatic rings. The van der Waals surface area contributed by atoms with E-state index in [2.05, 4.69) is 18.2 Å². The Morgan fingerprint density at radius 1 is 1.33 bits per heavy atom. The zero-order valence-electron chi connectivity index (χ0n) is 13.4. The number of allylic oxidation sites excluding steroid dienone is 2. The lowest BCUT2D eigenvalue weighted by Crippen LogP contribution is -2.17. The quantitative estimate of drug-likeness (QED) is 0.752. The van der Waals surface area contributed by atoms with Crippen molar-refractivity contribution in [1.29, 1.82) is 0 Å². The Hall–Kier alpha value is -1.49. The summed E-state index contributed by atoms with van der Waals surface area (Å²) in [5, 5.41) is 0.726. The first-order chi connectivity index (χ1) is 11.7. The van der Waals surface area contributed by atoms with Gasteiger partial charge in [-0.05, 0) is 48.6 Å². The first kappa shape index (κ1) is 16.0. The molecule has 5 heteroatoms. The second kappa shape index (κ2) is 6.43. The van der Waals surface area contributed by atoms with Crippen LogP contribution in [-0.2, 0) is 12.3 Å². The van der Waals surface area contributed by atoms with E-state index in [1.54, 1.807) is 0 Å². The number of anilines is 1. The van der Waals surface area contributed by atoms with Gasteiger partial charge in [0.15, 0.2) is 0 Å². The molecule has 1 aromatic carbocycles. The summed E-state index contributed by atoms with van der Waals surface area (Å²) < 4.78 is 0. The van der Waals surface area contributed by atoms with Gasteiger partial charge in [-0.3, -0.25) is 0 Å². The lowest BCUT2D eigenvalue weighted by Gasteiger charge is -2.28. The summed E-state index contributed by atoms with van der Waals surface area (Å²) in [6, 6.07) is 6.00. The third-order valence-electron chi connectivity index (χ3n) is 4.88. The van der Waals surface area contributed by atoms with Crippen LogP contribution in [0, 0.1) is 0 Å². The highest BCUT2D eigenvalue weighted by Gasteiger charge is 2.28. The number of thioether (sulfide) groups is 1. The number of nitrogen functional groups attached to an aromatic ring is 1. The van der Waals surface area contributed by atoms with Crippen LogP contribution in [0.2, 0.25) is 5.02 Å². The van der Waals surface area contributed by atoms with E-state index < -0.39 is 0 Å². The van der Waals surface area contributed by atoms with E-state index in [0.29, 0.717) is 18.3 Å². The predicted octanol–water partition coefficient (Wildman–Crippen LogP) is 4.87. The average Bonchev–Trinajstić information content (AvgIpc) is 2.61. The largest absolute Gasteiger partial charge is 0.383 e. The summed E-state index contributed by atoms with van der Waals surface area (Å²) in [6.45, 7) is 0.429. The third kappa shape index (κ3) is 2.63. The van der Waals surface area contributed by atoms with Crippen LogP contribution in [0.4, 0.5) is 5.82 Å². The second-order valence-electron chi connectivity index (χ2n) is 6.32. The van der Waals surface area contributed by atoms with Gasteiger partial charge in [0.2, 0.25) is 0 Å². The molecule has 1 unspecified atom stereocenters. The number of nitrogens with two attached hydrogens (primary N) is 2. The Morgan fingerprint density at radius 3 is 2.96 bits per heavy atom. The maximum atomic E-state index is 6.30. The number of benzene rings is 1. The van der Waals surface area contributed by atoms with E-state index in [-0.39, 0.29) is 0 Å². The van der Waals surface area contributed by atoms with Gasteiger partial charge in [0.1, 0.15) is 5.82 Å². The lowest BCUT2D eigenvalue weighted by atomic mass is 9.83. The summed E-state index contributed by atoms with van der Waals surface area (Å²) in [4.78, 5) is 5.94. The Bertz CT molecular complexity index is 832. The number of rotatable bonds is 2. The zero-order chi connectivity index (χ0) is 16.7. The summed E-state index contributed by atoms with van der Waals surface area (Å²) in [6.07, 6.45) is 8.10. The molecule has 4 N–H and O–H groups in total. The third-order valence-corrected chi connectivity index (χ3v) is 6.21. The summed E-state index contributed by atoms with van der Waals surface area (Å²) in [5.74, 6) is 1.85. The molecule has 0 amide bonds. The number of hydrogen-bond acceptors (Lipinski definition) is 4. The molecule has 0 spiro atoms. The van der Waals surface area contributed by atoms with Gasteiger partial charge >= 0.3 is 0 Å². The highest BCUT2D eigenvalue weighted by Crippen LogP contribution is 2.47. The van der Waals surface area contributed by atoms with E-state index in [1.807, 2.05) is 23.9 Å². The van der Waals surface area contributed by atoms with E-state index in [9.17, 15) is 0 Å². The monoisotopic (exact) mass is 357 g/mol. The summed E-state index contributed by atoms with van der Waals surface area (Å²) >= 11 is 8.07. The molecule has 3 nitrogen and oxygen atoms in total. The van der Waals surface area contributed by atoms with Crippen LogP contribution < -0.4 is 11.5 Å². The normalized spacial score (nSPS) is 19.0. The van der Waals surface area contributed by atoms with Gasteiger partial charge in [-0.2, -0.15) is 0 Å². The fourth-order valence-corrected chi connectivity index (χ4v) is 4.99. The number of hydrogen-bond donors (Lipinski definition) is 2. The van der Waals surface area contributed by atoms with Crippen molar-refractivity contribution in [1.82, 2.24) is 4.98 Å². The minimum absolute atomic E-state index is 0.387. The molecule has 4 rings (SSSR count). The predicted molar refractivity (Wildman–Crippen MR) is 102 cm³/mol.